The molecule has 1 heterocycles. The molecule has 1 aromatic carbocycles. The van der Waals surface area contributed by atoms with Crippen LogP contribution < -0.4 is 5.73 Å². The van der Waals surface area contributed by atoms with Crippen LogP contribution in [0.3, 0.4) is 0 Å². The summed E-state index contributed by atoms with van der Waals surface area (Å²) >= 11 is 0. The van der Waals surface area contributed by atoms with E-state index in [4.69, 9.17) is 15.2 Å². The highest BCUT2D eigenvalue weighted by atomic mass is 16.7. The van der Waals surface area contributed by atoms with Gasteiger partial charge in [-0.1, -0.05) is 52.0 Å². The van der Waals surface area contributed by atoms with Crippen LogP contribution in [0.15, 0.2) is 24.3 Å². The number of rotatable bonds is 2. The molecule has 1 aliphatic heterocycles. The zero-order valence-corrected chi connectivity index (χ0v) is 12.4. The predicted molar refractivity (Wildman–Crippen MR) is 76.9 cm³/mol. The summed E-state index contributed by atoms with van der Waals surface area (Å²) in [6.45, 7) is 10.5. The summed E-state index contributed by atoms with van der Waals surface area (Å²) in [5, 5.41) is 0. The first-order chi connectivity index (χ1) is 8.87. The molecule has 0 unspecified atom stereocenters. The first-order valence-corrected chi connectivity index (χ1v) is 6.96. The van der Waals surface area contributed by atoms with Crippen molar-refractivity contribution in [3.8, 4) is 0 Å². The number of hydrogen-bond acceptors (Lipinski definition) is 3. The second-order valence-corrected chi connectivity index (χ2v) is 6.51. The third-order valence-corrected chi connectivity index (χ3v) is 3.66. The number of hydrogen-bond donors (Lipinski definition) is 1. The molecule has 0 saturated carbocycles. The quantitative estimate of drug-likeness (QED) is 0.892. The van der Waals surface area contributed by atoms with Gasteiger partial charge in [0.1, 0.15) is 0 Å². The highest BCUT2D eigenvalue weighted by Gasteiger charge is 2.37. The maximum absolute atomic E-state index is 5.89. The molecule has 1 saturated heterocycles. The van der Waals surface area contributed by atoms with Gasteiger partial charge in [-0.05, 0) is 11.0 Å². The van der Waals surface area contributed by atoms with Gasteiger partial charge < -0.3 is 15.2 Å². The van der Waals surface area contributed by atoms with E-state index in [2.05, 4.69) is 52.0 Å². The molecule has 0 radical (unpaired) electrons. The van der Waals surface area contributed by atoms with Gasteiger partial charge in [-0.15, -0.1) is 0 Å². The maximum Gasteiger partial charge on any atom is 0.207 e. The molecule has 106 valence electrons. The molecule has 19 heavy (non-hydrogen) atoms. The molecule has 1 aromatic rings. The average Bonchev–Trinajstić information content (AvgIpc) is 2.39. The van der Waals surface area contributed by atoms with Crippen LogP contribution in [0.5, 0.6) is 0 Å². The smallest absolute Gasteiger partial charge is 0.207 e. The van der Waals surface area contributed by atoms with Crippen LogP contribution in [0.2, 0.25) is 0 Å². The lowest BCUT2D eigenvalue weighted by Crippen LogP contribution is -2.46. The normalized spacial score (nSPS) is 28.4. The van der Waals surface area contributed by atoms with E-state index in [1.54, 1.807) is 0 Å². The lowest BCUT2D eigenvalue weighted by atomic mass is 9.86. The Bertz CT molecular complexity index is 411. The zero-order chi connectivity index (χ0) is 14.1. The van der Waals surface area contributed by atoms with Crippen molar-refractivity contribution >= 4 is 0 Å². The van der Waals surface area contributed by atoms with E-state index in [0.29, 0.717) is 25.7 Å². The Kier molecular flexibility index (Phi) is 4.00. The molecular formula is C16H25NO2. The summed E-state index contributed by atoms with van der Waals surface area (Å²) < 4.78 is 11.8. The van der Waals surface area contributed by atoms with Gasteiger partial charge in [0.05, 0.1) is 19.8 Å². The van der Waals surface area contributed by atoms with Crippen molar-refractivity contribution in [2.45, 2.75) is 38.9 Å². The Morgan fingerprint density at radius 3 is 2.11 bits per heavy atom. The predicted octanol–water partition coefficient (Wildman–Crippen LogP) is 2.78. The Morgan fingerprint density at radius 1 is 1.16 bits per heavy atom. The van der Waals surface area contributed by atoms with E-state index in [9.17, 15) is 0 Å². The molecule has 0 bridgehead atoms. The Hall–Kier alpha value is -0.900. The Balaban J connectivity index is 2.25. The van der Waals surface area contributed by atoms with Gasteiger partial charge in [-0.25, -0.2) is 0 Å². The number of nitrogens with two attached hydrogens (primary N) is 1. The molecule has 0 atom stereocenters. The van der Waals surface area contributed by atoms with E-state index < -0.39 is 5.79 Å². The Morgan fingerprint density at radius 2 is 1.68 bits per heavy atom. The number of ether oxygens (including phenoxy) is 2. The summed E-state index contributed by atoms with van der Waals surface area (Å²) in [5.74, 6) is -0.336. The van der Waals surface area contributed by atoms with E-state index in [0.717, 1.165) is 5.56 Å². The summed E-state index contributed by atoms with van der Waals surface area (Å²) in [6.07, 6.45) is 0. The molecule has 2 N–H and O–H groups in total. The summed E-state index contributed by atoms with van der Waals surface area (Å²) in [4.78, 5) is 0. The van der Waals surface area contributed by atoms with E-state index >= 15 is 0 Å². The molecule has 1 aliphatic rings. The third-order valence-electron chi connectivity index (χ3n) is 3.66. The second-order valence-electron chi connectivity index (χ2n) is 6.51. The van der Waals surface area contributed by atoms with Gasteiger partial charge in [-0.3, -0.25) is 0 Å². The molecule has 0 aromatic heterocycles. The van der Waals surface area contributed by atoms with Crippen LogP contribution in [0.1, 0.15) is 38.8 Å². The summed E-state index contributed by atoms with van der Waals surface area (Å²) in [5.41, 5.74) is 8.35. The van der Waals surface area contributed by atoms with Gasteiger partial charge in [0.2, 0.25) is 5.79 Å². The van der Waals surface area contributed by atoms with Crippen molar-refractivity contribution in [3.63, 3.8) is 0 Å². The molecule has 0 spiro atoms. The molecule has 0 amide bonds. The van der Waals surface area contributed by atoms with E-state index in [1.165, 1.54) is 5.56 Å². The second kappa shape index (κ2) is 5.23. The fraction of sp³-hybridized carbons (Fsp3) is 0.625. The van der Waals surface area contributed by atoms with Crippen LogP contribution in [0.4, 0.5) is 0 Å². The van der Waals surface area contributed by atoms with Crippen molar-refractivity contribution in [1.29, 1.82) is 0 Å². The van der Waals surface area contributed by atoms with Crippen LogP contribution in [-0.2, 0) is 20.7 Å². The SMILES string of the molecule is CC1COC(CN)(c2ccc(C(C)(C)C)cc2)OC1. The minimum Gasteiger partial charge on any atom is -0.344 e. The van der Waals surface area contributed by atoms with Crippen molar-refractivity contribution < 1.29 is 9.47 Å². The van der Waals surface area contributed by atoms with E-state index in [1.807, 2.05) is 0 Å². The highest BCUT2D eigenvalue weighted by molar-refractivity contribution is 5.30. The largest absolute Gasteiger partial charge is 0.344 e. The van der Waals surface area contributed by atoms with Crippen LogP contribution in [0, 0.1) is 5.92 Å². The van der Waals surface area contributed by atoms with Gasteiger partial charge in [0, 0.05) is 11.5 Å². The van der Waals surface area contributed by atoms with Crippen molar-refractivity contribution in [2.24, 2.45) is 11.7 Å². The van der Waals surface area contributed by atoms with Crippen LogP contribution in [0.25, 0.3) is 0 Å². The monoisotopic (exact) mass is 263 g/mol. The standard InChI is InChI=1S/C16H25NO2/c1-12-9-18-16(11-17,19-10-12)14-7-5-13(6-8-14)15(2,3)4/h5-8,12H,9-11,17H2,1-4H3. The fourth-order valence-electron chi connectivity index (χ4n) is 2.27. The van der Waals surface area contributed by atoms with Gasteiger partial charge >= 0.3 is 0 Å². The summed E-state index contributed by atoms with van der Waals surface area (Å²) in [7, 11) is 0. The topological polar surface area (TPSA) is 44.5 Å². The average molecular weight is 263 g/mol. The Labute approximate surface area is 116 Å². The van der Waals surface area contributed by atoms with Gasteiger partial charge in [-0.2, -0.15) is 0 Å². The van der Waals surface area contributed by atoms with E-state index in [-0.39, 0.29) is 5.41 Å². The lowest BCUT2D eigenvalue weighted by molar-refractivity contribution is -0.284. The van der Waals surface area contributed by atoms with Crippen molar-refractivity contribution in [2.75, 3.05) is 19.8 Å². The number of benzene rings is 1. The zero-order valence-electron chi connectivity index (χ0n) is 12.4. The van der Waals surface area contributed by atoms with Crippen molar-refractivity contribution in [3.05, 3.63) is 35.4 Å². The van der Waals surface area contributed by atoms with Crippen LogP contribution in [-0.4, -0.2) is 19.8 Å². The minimum atomic E-state index is -0.761. The highest BCUT2D eigenvalue weighted by Crippen LogP contribution is 2.32. The minimum absolute atomic E-state index is 0.150. The fourth-order valence-corrected chi connectivity index (χ4v) is 2.27. The van der Waals surface area contributed by atoms with Crippen molar-refractivity contribution in [1.82, 2.24) is 0 Å². The van der Waals surface area contributed by atoms with Gasteiger partial charge in [0.15, 0.2) is 0 Å². The first kappa shape index (κ1) is 14.5. The molecular weight excluding hydrogens is 238 g/mol. The molecule has 3 heteroatoms. The van der Waals surface area contributed by atoms with Crippen LogP contribution >= 0.6 is 0 Å². The molecule has 0 aliphatic carbocycles. The maximum atomic E-state index is 5.89. The summed E-state index contributed by atoms with van der Waals surface area (Å²) in [6, 6.07) is 8.42. The van der Waals surface area contributed by atoms with Gasteiger partial charge in [0.25, 0.3) is 0 Å². The molecule has 1 fully saturated rings. The lowest BCUT2D eigenvalue weighted by Gasteiger charge is -2.39. The first-order valence-electron chi connectivity index (χ1n) is 6.96. The molecule has 2 rings (SSSR count). The third kappa shape index (κ3) is 2.99. The molecule has 3 nitrogen and oxygen atoms in total.